The number of carbonyl (C=O) groups excluding carboxylic acids is 1. The SMILES string of the molecule is Nc1c(C(=O)Nc2ccccc2F)nnn1Cc1ccc(F)cc1. The molecule has 122 valence electrons. The van der Waals surface area contributed by atoms with Gasteiger partial charge in [0.15, 0.2) is 11.5 Å². The first-order chi connectivity index (χ1) is 11.5. The number of nitrogen functional groups attached to an aromatic ring is 1. The van der Waals surface area contributed by atoms with Crippen LogP contribution in [-0.4, -0.2) is 20.9 Å². The predicted octanol–water partition coefficient (Wildman–Crippen LogP) is 2.44. The smallest absolute Gasteiger partial charge is 0.280 e. The molecule has 0 aliphatic heterocycles. The zero-order valence-electron chi connectivity index (χ0n) is 12.4. The van der Waals surface area contributed by atoms with Crippen LogP contribution in [0.1, 0.15) is 16.1 Å². The minimum absolute atomic E-state index is 0.0231. The number of nitrogens with two attached hydrogens (primary N) is 1. The van der Waals surface area contributed by atoms with Gasteiger partial charge in [-0.1, -0.05) is 29.5 Å². The Morgan fingerprint density at radius 1 is 1.12 bits per heavy atom. The number of carbonyl (C=O) groups is 1. The van der Waals surface area contributed by atoms with Gasteiger partial charge in [-0.15, -0.1) is 5.10 Å². The lowest BCUT2D eigenvalue weighted by Crippen LogP contribution is -2.16. The summed E-state index contributed by atoms with van der Waals surface area (Å²) in [6.07, 6.45) is 0. The molecular formula is C16H13F2N5O. The second-order valence-electron chi connectivity index (χ2n) is 5.04. The second-order valence-corrected chi connectivity index (χ2v) is 5.04. The van der Waals surface area contributed by atoms with Gasteiger partial charge < -0.3 is 11.1 Å². The normalized spacial score (nSPS) is 10.6. The van der Waals surface area contributed by atoms with E-state index in [9.17, 15) is 13.6 Å². The summed E-state index contributed by atoms with van der Waals surface area (Å²) < 4.78 is 27.8. The fourth-order valence-electron chi connectivity index (χ4n) is 2.11. The Balaban J connectivity index is 1.78. The van der Waals surface area contributed by atoms with Crippen molar-refractivity contribution in [3.05, 3.63) is 71.4 Å². The molecule has 0 bridgehead atoms. The van der Waals surface area contributed by atoms with E-state index in [1.54, 1.807) is 18.2 Å². The van der Waals surface area contributed by atoms with Gasteiger partial charge in [-0.05, 0) is 29.8 Å². The molecule has 24 heavy (non-hydrogen) atoms. The summed E-state index contributed by atoms with van der Waals surface area (Å²) in [5, 5.41) is 9.94. The second kappa shape index (κ2) is 6.45. The van der Waals surface area contributed by atoms with Crippen molar-refractivity contribution in [2.75, 3.05) is 11.1 Å². The quantitative estimate of drug-likeness (QED) is 0.770. The van der Waals surface area contributed by atoms with Crippen molar-refractivity contribution in [2.24, 2.45) is 0 Å². The van der Waals surface area contributed by atoms with E-state index >= 15 is 0 Å². The van der Waals surface area contributed by atoms with E-state index in [-0.39, 0.29) is 29.6 Å². The van der Waals surface area contributed by atoms with Crippen LogP contribution in [0.2, 0.25) is 0 Å². The molecule has 0 atom stereocenters. The molecule has 0 unspecified atom stereocenters. The van der Waals surface area contributed by atoms with Crippen LogP contribution in [0.25, 0.3) is 0 Å². The molecule has 1 aromatic heterocycles. The Bertz CT molecular complexity index is 876. The molecule has 0 aliphatic carbocycles. The number of nitrogens with zero attached hydrogens (tertiary/aromatic N) is 3. The van der Waals surface area contributed by atoms with E-state index in [1.807, 2.05) is 0 Å². The highest BCUT2D eigenvalue weighted by Gasteiger charge is 2.18. The van der Waals surface area contributed by atoms with E-state index < -0.39 is 11.7 Å². The predicted molar refractivity (Wildman–Crippen MR) is 84.3 cm³/mol. The molecule has 0 radical (unpaired) electrons. The average Bonchev–Trinajstić information content (AvgIpc) is 2.93. The Morgan fingerprint density at radius 3 is 2.54 bits per heavy atom. The first-order valence-electron chi connectivity index (χ1n) is 7.04. The number of hydrogen-bond acceptors (Lipinski definition) is 4. The van der Waals surface area contributed by atoms with Crippen LogP contribution >= 0.6 is 0 Å². The zero-order valence-corrected chi connectivity index (χ0v) is 12.4. The molecular weight excluding hydrogens is 316 g/mol. The summed E-state index contributed by atoms with van der Waals surface area (Å²) in [6, 6.07) is 11.5. The number of rotatable bonds is 4. The molecule has 0 saturated heterocycles. The van der Waals surface area contributed by atoms with Gasteiger partial charge in [0.2, 0.25) is 0 Å². The fourth-order valence-corrected chi connectivity index (χ4v) is 2.11. The maximum atomic E-state index is 13.6. The highest BCUT2D eigenvalue weighted by Crippen LogP contribution is 2.16. The van der Waals surface area contributed by atoms with Crippen molar-refractivity contribution in [1.82, 2.24) is 15.0 Å². The van der Waals surface area contributed by atoms with Crippen LogP contribution in [0, 0.1) is 11.6 Å². The van der Waals surface area contributed by atoms with Crippen molar-refractivity contribution in [3.63, 3.8) is 0 Å². The topological polar surface area (TPSA) is 85.8 Å². The number of amides is 1. The number of para-hydroxylation sites is 1. The minimum atomic E-state index is -0.664. The largest absolute Gasteiger partial charge is 0.382 e. The van der Waals surface area contributed by atoms with E-state index in [4.69, 9.17) is 5.73 Å². The molecule has 0 spiro atoms. The van der Waals surface area contributed by atoms with Gasteiger partial charge in [0.25, 0.3) is 5.91 Å². The standard InChI is InChI=1S/C16H13F2N5O/c17-11-7-5-10(6-8-11)9-23-15(19)14(21-22-23)16(24)20-13-4-2-1-3-12(13)18/h1-8H,9,19H2,(H,20,24). The molecule has 0 saturated carbocycles. The third kappa shape index (κ3) is 3.22. The number of anilines is 2. The Kier molecular flexibility index (Phi) is 4.19. The summed E-state index contributed by atoms with van der Waals surface area (Å²) in [7, 11) is 0. The lowest BCUT2D eigenvalue weighted by molar-refractivity contribution is 0.102. The molecule has 3 N–H and O–H groups in total. The monoisotopic (exact) mass is 329 g/mol. The van der Waals surface area contributed by atoms with E-state index in [0.29, 0.717) is 0 Å². The summed E-state index contributed by atoms with van der Waals surface area (Å²) in [5.41, 5.74) is 6.54. The van der Waals surface area contributed by atoms with E-state index in [2.05, 4.69) is 15.6 Å². The molecule has 8 heteroatoms. The highest BCUT2D eigenvalue weighted by molar-refractivity contribution is 6.05. The summed E-state index contributed by atoms with van der Waals surface area (Å²) >= 11 is 0. The van der Waals surface area contributed by atoms with Crippen LogP contribution in [0.15, 0.2) is 48.5 Å². The molecule has 0 aliphatic rings. The van der Waals surface area contributed by atoms with Gasteiger partial charge in [0.05, 0.1) is 12.2 Å². The lowest BCUT2D eigenvalue weighted by Gasteiger charge is -2.06. The zero-order chi connectivity index (χ0) is 17.1. The third-order valence-electron chi connectivity index (χ3n) is 3.36. The van der Waals surface area contributed by atoms with E-state index in [1.165, 1.54) is 35.0 Å². The van der Waals surface area contributed by atoms with Crippen molar-refractivity contribution in [1.29, 1.82) is 0 Å². The number of hydrogen-bond donors (Lipinski definition) is 2. The molecule has 2 aromatic carbocycles. The van der Waals surface area contributed by atoms with Gasteiger partial charge in [0.1, 0.15) is 11.6 Å². The molecule has 6 nitrogen and oxygen atoms in total. The molecule has 3 aromatic rings. The third-order valence-corrected chi connectivity index (χ3v) is 3.36. The van der Waals surface area contributed by atoms with Gasteiger partial charge >= 0.3 is 0 Å². The molecule has 0 fully saturated rings. The van der Waals surface area contributed by atoms with Crippen LogP contribution in [0.5, 0.6) is 0 Å². The Labute approximate surface area is 135 Å². The molecule has 3 rings (SSSR count). The molecule has 1 amide bonds. The maximum absolute atomic E-state index is 13.6. The number of aromatic nitrogens is 3. The van der Waals surface area contributed by atoms with Crippen molar-refractivity contribution in [2.45, 2.75) is 6.54 Å². The first kappa shape index (κ1) is 15.6. The maximum Gasteiger partial charge on any atom is 0.280 e. The van der Waals surface area contributed by atoms with Gasteiger partial charge in [-0.25, -0.2) is 13.5 Å². The average molecular weight is 329 g/mol. The first-order valence-corrected chi connectivity index (χ1v) is 7.04. The summed E-state index contributed by atoms with van der Waals surface area (Å²) in [4.78, 5) is 12.2. The highest BCUT2D eigenvalue weighted by atomic mass is 19.1. The number of benzene rings is 2. The van der Waals surface area contributed by atoms with Crippen molar-refractivity contribution in [3.8, 4) is 0 Å². The van der Waals surface area contributed by atoms with Crippen molar-refractivity contribution >= 4 is 17.4 Å². The van der Waals surface area contributed by atoms with Crippen LogP contribution in [-0.2, 0) is 6.54 Å². The van der Waals surface area contributed by atoms with Gasteiger partial charge in [0, 0.05) is 0 Å². The summed E-state index contributed by atoms with van der Waals surface area (Å²) in [6.45, 7) is 0.228. The van der Waals surface area contributed by atoms with E-state index in [0.717, 1.165) is 5.56 Å². The van der Waals surface area contributed by atoms with Crippen LogP contribution < -0.4 is 11.1 Å². The fraction of sp³-hybridized carbons (Fsp3) is 0.0625. The van der Waals surface area contributed by atoms with Crippen molar-refractivity contribution < 1.29 is 13.6 Å². The molecule has 1 heterocycles. The van der Waals surface area contributed by atoms with Crippen LogP contribution in [0.3, 0.4) is 0 Å². The number of nitrogens with one attached hydrogen (secondary N) is 1. The Hall–Kier alpha value is -3.29. The number of halogens is 2. The Morgan fingerprint density at radius 2 is 1.83 bits per heavy atom. The minimum Gasteiger partial charge on any atom is -0.382 e. The van der Waals surface area contributed by atoms with Gasteiger partial charge in [-0.3, -0.25) is 4.79 Å². The van der Waals surface area contributed by atoms with Crippen LogP contribution in [0.4, 0.5) is 20.3 Å². The summed E-state index contributed by atoms with van der Waals surface area (Å²) in [5.74, 6) is -1.55. The lowest BCUT2D eigenvalue weighted by atomic mass is 10.2. The van der Waals surface area contributed by atoms with Gasteiger partial charge in [-0.2, -0.15) is 0 Å².